The van der Waals surface area contributed by atoms with Gasteiger partial charge in [0.1, 0.15) is 6.29 Å². The zero-order valence-electron chi connectivity index (χ0n) is 8.88. The second-order valence-electron chi connectivity index (χ2n) is 3.44. The Hall–Kier alpha value is -1.94. The van der Waals surface area contributed by atoms with Crippen molar-refractivity contribution in [3.63, 3.8) is 0 Å². The van der Waals surface area contributed by atoms with Crippen LogP contribution in [0.2, 0.25) is 0 Å². The summed E-state index contributed by atoms with van der Waals surface area (Å²) < 4.78 is 5.13. The molecule has 0 fully saturated rings. The molecular formula is C12H12N2O2. The van der Waals surface area contributed by atoms with Crippen LogP contribution >= 0.6 is 0 Å². The van der Waals surface area contributed by atoms with Crippen molar-refractivity contribution in [3.8, 4) is 5.88 Å². The molecule has 0 amide bonds. The fourth-order valence-electron chi connectivity index (χ4n) is 1.59. The number of aromatic nitrogens is 1. The van der Waals surface area contributed by atoms with Crippen LogP contribution in [0.15, 0.2) is 30.3 Å². The summed E-state index contributed by atoms with van der Waals surface area (Å²) in [6.07, 6.45) is 0.675. The zero-order chi connectivity index (χ0) is 11.5. The van der Waals surface area contributed by atoms with Gasteiger partial charge in [-0.05, 0) is 12.1 Å². The quantitative estimate of drug-likeness (QED) is 0.788. The topological polar surface area (TPSA) is 65.2 Å². The standard InChI is InChI=1S/C12H12N2O2/c1-16-12-9(10(13)7-15)6-8-4-2-3-5-11(8)14-12/h2-7,10H,13H2,1H3. The Kier molecular flexibility index (Phi) is 2.83. The predicted octanol–water partition coefficient (Wildman–Crippen LogP) is 1.44. The van der Waals surface area contributed by atoms with Crippen LogP contribution in [-0.4, -0.2) is 18.4 Å². The van der Waals surface area contributed by atoms with E-state index in [0.29, 0.717) is 17.7 Å². The first kappa shape index (κ1) is 10.6. The summed E-state index contributed by atoms with van der Waals surface area (Å²) in [6, 6.07) is 8.74. The van der Waals surface area contributed by atoms with Crippen molar-refractivity contribution in [3.05, 3.63) is 35.9 Å². The van der Waals surface area contributed by atoms with Crippen LogP contribution in [0.5, 0.6) is 5.88 Å². The number of para-hydroxylation sites is 1. The molecule has 4 nitrogen and oxygen atoms in total. The molecule has 0 aliphatic rings. The van der Waals surface area contributed by atoms with Gasteiger partial charge in [0.05, 0.1) is 18.7 Å². The molecule has 0 saturated carbocycles. The molecule has 0 aliphatic carbocycles. The van der Waals surface area contributed by atoms with E-state index < -0.39 is 6.04 Å². The normalized spacial score (nSPS) is 12.4. The van der Waals surface area contributed by atoms with Crippen molar-refractivity contribution in [2.24, 2.45) is 5.73 Å². The molecule has 4 heteroatoms. The molecule has 1 atom stereocenters. The minimum absolute atomic E-state index is 0.401. The number of pyridine rings is 1. The molecule has 1 aromatic heterocycles. The first-order valence-electron chi connectivity index (χ1n) is 4.91. The van der Waals surface area contributed by atoms with E-state index in [4.69, 9.17) is 10.5 Å². The van der Waals surface area contributed by atoms with Crippen molar-refractivity contribution in [2.75, 3.05) is 7.11 Å². The monoisotopic (exact) mass is 216 g/mol. The molecule has 1 unspecified atom stereocenters. The third kappa shape index (κ3) is 1.75. The van der Waals surface area contributed by atoms with Gasteiger partial charge in [0.25, 0.3) is 0 Å². The summed E-state index contributed by atoms with van der Waals surface area (Å²) in [5.41, 5.74) is 7.10. The van der Waals surface area contributed by atoms with Gasteiger partial charge < -0.3 is 15.3 Å². The van der Waals surface area contributed by atoms with Crippen LogP contribution in [0, 0.1) is 0 Å². The number of methoxy groups -OCH3 is 1. The number of nitrogens with zero attached hydrogens (tertiary/aromatic N) is 1. The van der Waals surface area contributed by atoms with Gasteiger partial charge in [-0.1, -0.05) is 18.2 Å². The lowest BCUT2D eigenvalue weighted by Gasteiger charge is -2.10. The molecular weight excluding hydrogens is 204 g/mol. The Morgan fingerprint density at radius 3 is 2.88 bits per heavy atom. The number of hydrogen-bond acceptors (Lipinski definition) is 4. The Labute approximate surface area is 93.0 Å². The van der Waals surface area contributed by atoms with Gasteiger partial charge in [-0.15, -0.1) is 0 Å². The zero-order valence-corrected chi connectivity index (χ0v) is 8.88. The molecule has 0 aliphatic heterocycles. The van der Waals surface area contributed by atoms with Crippen molar-refractivity contribution in [1.82, 2.24) is 4.98 Å². The van der Waals surface area contributed by atoms with Gasteiger partial charge in [0.2, 0.25) is 5.88 Å². The predicted molar refractivity (Wildman–Crippen MR) is 61.3 cm³/mol. The maximum Gasteiger partial charge on any atom is 0.218 e. The average Bonchev–Trinajstić information content (AvgIpc) is 2.36. The third-order valence-electron chi connectivity index (χ3n) is 2.42. The number of rotatable bonds is 3. The summed E-state index contributed by atoms with van der Waals surface area (Å²) in [5, 5.41) is 0.940. The molecule has 16 heavy (non-hydrogen) atoms. The van der Waals surface area contributed by atoms with Crippen LogP contribution in [0.1, 0.15) is 11.6 Å². The van der Waals surface area contributed by atoms with E-state index in [1.54, 1.807) is 0 Å². The van der Waals surface area contributed by atoms with Crippen LogP contribution in [0.3, 0.4) is 0 Å². The lowest BCUT2D eigenvalue weighted by atomic mass is 10.1. The summed E-state index contributed by atoms with van der Waals surface area (Å²) in [5.74, 6) is 0.401. The van der Waals surface area contributed by atoms with Gasteiger partial charge in [-0.3, -0.25) is 0 Å². The molecule has 0 bridgehead atoms. The number of fused-ring (bicyclic) bond motifs is 1. The molecule has 1 aromatic carbocycles. The van der Waals surface area contributed by atoms with E-state index in [-0.39, 0.29) is 0 Å². The highest BCUT2D eigenvalue weighted by Crippen LogP contribution is 2.25. The van der Waals surface area contributed by atoms with E-state index in [2.05, 4.69) is 4.98 Å². The number of benzene rings is 1. The lowest BCUT2D eigenvalue weighted by Crippen LogP contribution is -2.13. The second kappa shape index (κ2) is 4.28. The van der Waals surface area contributed by atoms with Gasteiger partial charge in [-0.25, -0.2) is 4.98 Å². The van der Waals surface area contributed by atoms with Crippen molar-refractivity contribution in [2.45, 2.75) is 6.04 Å². The number of aldehydes is 1. The highest BCUT2D eigenvalue weighted by molar-refractivity contribution is 5.81. The number of ether oxygens (including phenoxy) is 1. The van der Waals surface area contributed by atoms with Gasteiger partial charge >= 0.3 is 0 Å². The summed E-state index contributed by atoms with van der Waals surface area (Å²) >= 11 is 0. The van der Waals surface area contributed by atoms with Gasteiger partial charge in [-0.2, -0.15) is 0 Å². The van der Waals surface area contributed by atoms with Gasteiger partial charge in [0, 0.05) is 10.9 Å². The van der Waals surface area contributed by atoms with Crippen molar-refractivity contribution < 1.29 is 9.53 Å². The van der Waals surface area contributed by atoms with E-state index in [9.17, 15) is 4.79 Å². The minimum atomic E-state index is -0.702. The molecule has 0 saturated heterocycles. The SMILES string of the molecule is COc1nc2ccccc2cc1C(N)C=O. The Morgan fingerprint density at radius 1 is 1.44 bits per heavy atom. The van der Waals surface area contributed by atoms with Crippen LogP contribution in [0.4, 0.5) is 0 Å². The van der Waals surface area contributed by atoms with Crippen molar-refractivity contribution >= 4 is 17.2 Å². The molecule has 0 radical (unpaired) electrons. The number of carbonyl (C=O) groups is 1. The first-order valence-corrected chi connectivity index (χ1v) is 4.91. The first-order chi connectivity index (χ1) is 7.76. The lowest BCUT2D eigenvalue weighted by molar-refractivity contribution is -0.109. The van der Waals surface area contributed by atoms with E-state index in [0.717, 1.165) is 10.9 Å². The fourth-order valence-corrected chi connectivity index (χ4v) is 1.59. The fraction of sp³-hybridized carbons (Fsp3) is 0.167. The maximum absolute atomic E-state index is 10.7. The van der Waals surface area contributed by atoms with Gasteiger partial charge in [0.15, 0.2) is 0 Å². The summed E-state index contributed by atoms with van der Waals surface area (Å²) in [7, 11) is 1.51. The van der Waals surface area contributed by atoms with E-state index >= 15 is 0 Å². The molecule has 0 spiro atoms. The summed E-state index contributed by atoms with van der Waals surface area (Å²) in [4.78, 5) is 15.0. The number of carbonyl (C=O) groups excluding carboxylic acids is 1. The maximum atomic E-state index is 10.7. The van der Waals surface area contributed by atoms with Crippen molar-refractivity contribution in [1.29, 1.82) is 0 Å². The van der Waals surface area contributed by atoms with Crippen LogP contribution in [-0.2, 0) is 4.79 Å². The Morgan fingerprint density at radius 2 is 2.19 bits per heavy atom. The minimum Gasteiger partial charge on any atom is -0.481 e. The smallest absolute Gasteiger partial charge is 0.218 e. The third-order valence-corrected chi connectivity index (χ3v) is 2.42. The average molecular weight is 216 g/mol. The Balaban J connectivity index is 2.67. The molecule has 2 rings (SSSR count). The molecule has 2 N–H and O–H groups in total. The highest BCUT2D eigenvalue weighted by atomic mass is 16.5. The second-order valence-corrected chi connectivity index (χ2v) is 3.44. The summed E-state index contributed by atoms with van der Waals surface area (Å²) in [6.45, 7) is 0. The molecule has 82 valence electrons. The highest BCUT2D eigenvalue weighted by Gasteiger charge is 2.13. The van der Waals surface area contributed by atoms with Crippen LogP contribution in [0.25, 0.3) is 10.9 Å². The van der Waals surface area contributed by atoms with E-state index in [1.807, 2.05) is 30.3 Å². The van der Waals surface area contributed by atoms with Crippen LogP contribution < -0.4 is 10.5 Å². The number of nitrogens with two attached hydrogens (primary N) is 1. The largest absolute Gasteiger partial charge is 0.481 e. The number of hydrogen-bond donors (Lipinski definition) is 1. The Bertz CT molecular complexity index is 525. The molecule has 1 heterocycles. The molecule has 2 aromatic rings. The van der Waals surface area contributed by atoms with E-state index in [1.165, 1.54) is 7.11 Å².